The molecule has 0 saturated carbocycles. The van der Waals surface area contributed by atoms with Crippen LogP contribution in [0.5, 0.6) is 0 Å². The van der Waals surface area contributed by atoms with Gasteiger partial charge in [-0.3, -0.25) is 4.90 Å². The highest BCUT2D eigenvalue weighted by molar-refractivity contribution is 7.99. The van der Waals surface area contributed by atoms with Crippen LogP contribution in [0.1, 0.15) is 31.2 Å². The highest BCUT2D eigenvalue weighted by Gasteiger charge is 2.38. The van der Waals surface area contributed by atoms with Gasteiger partial charge in [-0.05, 0) is 43.4 Å². The molecule has 2 N–H and O–H groups in total. The molecule has 2 saturated heterocycles. The first-order chi connectivity index (χ1) is 13.2. The third kappa shape index (κ3) is 3.21. The molecule has 2 unspecified atom stereocenters. The molecule has 4 heterocycles. The van der Waals surface area contributed by atoms with Crippen molar-refractivity contribution in [3.8, 4) is 0 Å². The zero-order valence-corrected chi connectivity index (χ0v) is 15.6. The molecule has 3 aliphatic heterocycles. The number of piperidine rings is 1. The molecule has 6 nitrogen and oxygen atoms in total. The number of rotatable bonds is 3. The molecule has 3 aliphatic rings. The van der Waals surface area contributed by atoms with E-state index < -0.39 is 5.97 Å². The van der Waals surface area contributed by atoms with Gasteiger partial charge in [0.1, 0.15) is 5.03 Å². The first kappa shape index (κ1) is 16.8. The Bertz CT molecular complexity index is 929. The summed E-state index contributed by atoms with van der Waals surface area (Å²) in [6, 6.07) is 7.47. The molecule has 0 aliphatic carbocycles. The predicted molar refractivity (Wildman–Crippen MR) is 103 cm³/mol. The third-order valence-electron chi connectivity index (χ3n) is 5.63. The topological polar surface area (TPSA) is 78.4 Å². The number of hydrogen-bond acceptors (Lipinski definition) is 6. The Kier molecular flexibility index (Phi) is 4.13. The Labute approximate surface area is 161 Å². The van der Waals surface area contributed by atoms with Crippen LogP contribution < -0.4 is 5.32 Å². The van der Waals surface area contributed by atoms with E-state index in [2.05, 4.69) is 38.4 Å². The van der Waals surface area contributed by atoms with Crippen LogP contribution in [0, 0.1) is 0 Å². The molecule has 138 valence electrons. The molecule has 0 radical (unpaired) electrons. The summed E-state index contributed by atoms with van der Waals surface area (Å²) >= 11 is 1.64. The number of carboxylic acid groups (broad SMARTS) is 1. The Morgan fingerprint density at radius 1 is 1.26 bits per heavy atom. The van der Waals surface area contributed by atoms with Crippen molar-refractivity contribution in [2.45, 2.75) is 54.2 Å². The lowest BCUT2D eigenvalue weighted by molar-refractivity contribution is -0.131. The summed E-state index contributed by atoms with van der Waals surface area (Å²) in [4.78, 5) is 23.5. The Morgan fingerprint density at radius 2 is 2.04 bits per heavy atom. The molecule has 0 spiro atoms. The van der Waals surface area contributed by atoms with Crippen LogP contribution >= 0.6 is 11.8 Å². The van der Waals surface area contributed by atoms with E-state index in [9.17, 15) is 4.79 Å². The Morgan fingerprint density at radius 3 is 2.81 bits per heavy atom. The minimum atomic E-state index is -0.820. The van der Waals surface area contributed by atoms with E-state index in [0.717, 1.165) is 54.3 Å². The quantitative estimate of drug-likeness (QED) is 0.669. The summed E-state index contributed by atoms with van der Waals surface area (Å²) in [6.07, 6.45) is 8.91. The first-order valence-corrected chi connectivity index (χ1v) is 10.0. The molecule has 1 aromatic heterocycles. The zero-order chi connectivity index (χ0) is 18.4. The molecule has 7 heteroatoms. The van der Waals surface area contributed by atoms with Crippen LogP contribution in [-0.4, -0.2) is 38.0 Å². The number of fused-ring (bicyclic) bond motifs is 4. The molecule has 2 atom stereocenters. The van der Waals surface area contributed by atoms with Crippen LogP contribution in [-0.2, 0) is 11.3 Å². The van der Waals surface area contributed by atoms with Crippen molar-refractivity contribution in [1.82, 2.24) is 14.9 Å². The molecule has 2 aromatic rings. The minimum Gasteiger partial charge on any atom is -0.478 e. The highest BCUT2D eigenvalue weighted by atomic mass is 32.2. The normalized spacial score (nSPS) is 23.3. The predicted octanol–water partition coefficient (Wildman–Crippen LogP) is 3.82. The Hall–Kier alpha value is -2.38. The van der Waals surface area contributed by atoms with E-state index in [-0.39, 0.29) is 0 Å². The average molecular weight is 380 g/mol. The lowest BCUT2D eigenvalue weighted by Gasteiger charge is -2.36. The fraction of sp³-hybridized carbons (Fsp3) is 0.350. The van der Waals surface area contributed by atoms with Gasteiger partial charge in [0.15, 0.2) is 5.82 Å². The van der Waals surface area contributed by atoms with Crippen molar-refractivity contribution < 1.29 is 9.90 Å². The van der Waals surface area contributed by atoms with Crippen LogP contribution in [0.2, 0.25) is 0 Å². The summed E-state index contributed by atoms with van der Waals surface area (Å²) < 4.78 is 0. The highest BCUT2D eigenvalue weighted by Crippen LogP contribution is 2.43. The second kappa shape index (κ2) is 6.65. The van der Waals surface area contributed by atoms with Crippen molar-refractivity contribution in [2.75, 3.05) is 5.32 Å². The van der Waals surface area contributed by atoms with Crippen LogP contribution in [0.4, 0.5) is 11.5 Å². The number of carbonyl (C=O) groups is 1. The largest absolute Gasteiger partial charge is 0.478 e. The maximum Gasteiger partial charge on any atom is 0.328 e. The summed E-state index contributed by atoms with van der Waals surface area (Å²) in [5.74, 6) is -0.00636. The molecule has 0 amide bonds. The first-order valence-electron chi connectivity index (χ1n) is 9.22. The van der Waals surface area contributed by atoms with E-state index in [1.54, 1.807) is 24.2 Å². The maximum absolute atomic E-state index is 11.0. The Balaban J connectivity index is 1.34. The van der Waals surface area contributed by atoms with Crippen LogP contribution in [0.25, 0.3) is 0 Å². The van der Waals surface area contributed by atoms with E-state index in [4.69, 9.17) is 5.11 Å². The molecule has 1 aromatic carbocycles. The van der Waals surface area contributed by atoms with Crippen molar-refractivity contribution in [3.63, 3.8) is 0 Å². The summed E-state index contributed by atoms with van der Waals surface area (Å²) in [5, 5.41) is 13.3. The van der Waals surface area contributed by atoms with Gasteiger partial charge < -0.3 is 10.4 Å². The summed E-state index contributed by atoms with van der Waals surface area (Å²) in [7, 11) is 0. The molecular formula is C20H20N4O2S. The van der Waals surface area contributed by atoms with Gasteiger partial charge >= 0.3 is 5.97 Å². The van der Waals surface area contributed by atoms with Crippen LogP contribution in [0.3, 0.4) is 0 Å². The SMILES string of the molecule is O=C(O)C=C1CC2CCC(C1)N2Cc1ccc2c(c1)Nc1nccnc1S2. The monoisotopic (exact) mass is 380 g/mol. The average Bonchev–Trinajstić information content (AvgIpc) is 2.88. The van der Waals surface area contributed by atoms with Gasteiger partial charge in [-0.2, -0.15) is 0 Å². The third-order valence-corrected chi connectivity index (χ3v) is 6.70. The number of aromatic nitrogens is 2. The van der Waals surface area contributed by atoms with Gasteiger partial charge in [0, 0.05) is 42.0 Å². The van der Waals surface area contributed by atoms with Crippen molar-refractivity contribution in [1.29, 1.82) is 0 Å². The molecule has 2 fully saturated rings. The van der Waals surface area contributed by atoms with Gasteiger partial charge in [0.2, 0.25) is 0 Å². The molecule has 5 rings (SSSR count). The molecule has 2 bridgehead atoms. The number of benzene rings is 1. The lowest BCUT2D eigenvalue weighted by Crippen LogP contribution is -2.40. The fourth-order valence-corrected chi connectivity index (χ4v) is 5.36. The summed E-state index contributed by atoms with van der Waals surface area (Å²) in [5.41, 5.74) is 3.45. The van der Waals surface area contributed by atoms with E-state index in [1.165, 1.54) is 16.5 Å². The van der Waals surface area contributed by atoms with Crippen LogP contribution in [0.15, 0.2) is 52.2 Å². The van der Waals surface area contributed by atoms with Crippen molar-refractivity contribution >= 4 is 29.2 Å². The smallest absolute Gasteiger partial charge is 0.328 e. The summed E-state index contributed by atoms with van der Waals surface area (Å²) in [6.45, 7) is 0.905. The number of aliphatic carboxylic acids is 1. The number of hydrogen-bond donors (Lipinski definition) is 2. The fourth-order valence-electron chi connectivity index (χ4n) is 4.48. The molecular weight excluding hydrogens is 360 g/mol. The van der Waals surface area contributed by atoms with Gasteiger partial charge in [-0.15, -0.1) is 0 Å². The number of nitrogens with one attached hydrogen (secondary N) is 1. The van der Waals surface area contributed by atoms with Crippen molar-refractivity contribution in [3.05, 3.63) is 47.8 Å². The van der Waals surface area contributed by atoms with Gasteiger partial charge in [-0.25, -0.2) is 14.8 Å². The lowest BCUT2D eigenvalue weighted by atomic mass is 9.95. The van der Waals surface area contributed by atoms with E-state index >= 15 is 0 Å². The second-order valence-electron chi connectivity index (χ2n) is 7.37. The minimum absolute atomic E-state index is 0.458. The van der Waals surface area contributed by atoms with E-state index in [0.29, 0.717) is 12.1 Å². The maximum atomic E-state index is 11.0. The van der Waals surface area contributed by atoms with Crippen molar-refractivity contribution in [2.24, 2.45) is 0 Å². The zero-order valence-electron chi connectivity index (χ0n) is 14.8. The van der Waals surface area contributed by atoms with E-state index in [1.807, 2.05) is 0 Å². The second-order valence-corrected chi connectivity index (χ2v) is 8.40. The van der Waals surface area contributed by atoms with Gasteiger partial charge in [0.25, 0.3) is 0 Å². The molecule has 27 heavy (non-hydrogen) atoms. The number of anilines is 2. The number of carboxylic acids is 1. The standard InChI is InChI=1S/C20H20N4O2S/c25-18(26)10-13-7-14-2-3-15(8-13)24(14)11-12-1-4-17-16(9-12)23-19-20(27-17)22-6-5-21-19/h1,4-6,9-10,14-15H,2-3,7-8,11H2,(H,21,23)(H,25,26). The van der Waals surface area contributed by atoms with Gasteiger partial charge in [-0.1, -0.05) is 23.4 Å². The van der Waals surface area contributed by atoms with Gasteiger partial charge in [0.05, 0.1) is 5.69 Å². The number of nitrogens with zero attached hydrogens (tertiary/aromatic N) is 3.